The van der Waals surface area contributed by atoms with Crippen molar-refractivity contribution in [3.8, 4) is 0 Å². The largest absolute Gasteiger partial charge is 0.389 e. The first kappa shape index (κ1) is 15.9. The van der Waals surface area contributed by atoms with Crippen LogP contribution in [0.1, 0.15) is 39.0 Å². The number of hydrogen-bond acceptors (Lipinski definition) is 4. The molecule has 0 radical (unpaired) electrons. The molecule has 1 aliphatic carbocycles. The lowest BCUT2D eigenvalue weighted by Gasteiger charge is -2.35. The molecule has 5 nitrogen and oxygen atoms in total. The monoisotopic (exact) mass is 279 g/mol. The summed E-state index contributed by atoms with van der Waals surface area (Å²) >= 11 is 0. The molecule has 0 heterocycles. The quantitative estimate of drug-likeness (QED) is 0.678. The number of hydrogen-bond donors (Lipinski definition) is 2. The zero-order chi connectivity index (χ0) is 13.6. The maximum absolute atomic E-state index is 11.7. The van der Waals surface area contributed by atoms with Gasteiger partial charge in [-0.2, -0.15) is 0 Å². The number of methoxy groups -OCH3 is 1. The van der Waals surface area contributed by atoms with Gasteiger partial charge in [-0.3, -0.25) is 0 Å². The lowest BCUT2D eigenvalue weighted by molar-refractivity contribution is -0.00752. The topological polar surface area (TPSA) is 75.6 Å². The Morgan fingerprint density at radius 3 is 2.83 bits per heavy atom. The Morgan fingerprint density at radius 2 is 2.22 bits per heavy atom. The first-order valence-corrected chi connectivity index (χ1v) is 8.21. The van der Waals surface area contributed by atoms with Crippen LogP contribution in [0.3, 0.4) is 0 Å². The minimum Gasteiger partial charge on any atom is -0.389 e. The SMILES string of the molecule is COCCCS(=O)(=O)NCC1(O)CCCC(C)C1. The fourth-order valence-electron chi connectivity index (χ4n) is 2.50. The van der Waals surface area contributed by atoms with E-state index in [4.69, 9.17) is 4.74 Å². The van der Waals surface area contributed by atoms with E-state index in [1.807, 2.05) is 0 Å². The second-order valence-electron chi connectivity index (χ2n) is 5.41. The predicted octanol–water partition coefficient (Wildman–Crippen LogP) is 0.883. The average molecular weight is 279 g/mol. The van der Waals surface area contributed by atoms with Crippen molar-refractivity contribution in [3.05, 3.63) is 0 Å². The van der Waals surface area contributed by atoms with Gasteiger partial charge in [-0.25, -0.2) is 13.1 Å². The molecule has 0 spiro atoms. The Kier molecular flexibility index (Phi) is 6.04. The number of sulfonamides is 1. The summed E-state index contributed by atoms with van der Waals surface area (Å²) in [6, 6.07) is 0. The number of rotatable bonds is 7. The fraction of sp³-hybridized carbons (Fsp3) is 1.00. The molecule has 0 saturated heterocycles. The Balaban J connectivity index is 2.38. The third kappa shape index (κ3) is 5.65. The van der Waals surface area contributed by atoms with Crippen molar-refractivity contribution < 1.29 is 18.3 Å². The van der Waals surface area contributed by atoms with Crippen LogP contribution in [-0.4, -0.2) is 45.1 Å². The smallest absolute Gasteiger partial charge is 0.211 e. The van der Waals surface area contributed by atoms with Crippen molar-refractivity contribution in [2.45, 2.75) is 44.6 Å². The van der Waals surface area contributed by atoms with Crippen LogP contribution >= 0.6 is 0 Å². The second-order valence-corrected chi connectivity index (χ2v) is 7.34. The van der Waals surface area contributed by atoms with Crippen molar-refractivity contribution in [1.82, 2.24) is 4.72 Å². The number of nitrogens with one attached hydrogen (secondary N) is 1. The summed E-state index contributed by atoms with van der Waals surface area (Å²) < 4.78 is 30.7. The van der Waals surface area contributed by atoms with Gasteiger partial charge in [0.05, 0.1) is 11.4 Å². The third-order valence-corrected chi connectivity index (χ3v) is 4.86. The molecule has 0 aromatic rings. The maximum atomic E-state index is 11.7. The van der Waals surface area contributed by atoms with Gasteiger partial charge in [-0.1, -0.05) is 19.8 Å². The molecular formula is C12H25NO4S. The van der Waals surface area contributed by atoms with Gasteiger partial charge in [0.2, 0.25) is 10.0 Å². The molecule has 1 saturated carbocycles. The highest BCUT2D eigenvalue weighted by Gasteiger charge is 2.33. The van der Waals surface area contributed by atoms with E-state index in [9.17, 15) is 13.5 Å². The standard InChI is InChI=1S/C12H25NO4S/c1-11-5-3-6-12(14,9-11)10-13-18(15,16)8-4-7-17-2/h11,13-14H,3-10H2,1-2H3. The first-order valence-electron chi connectivity index (χ1n) is 6.55. The van der Waals surface area contributed by atoms with E-state index in [0.29, 0.717) is 31.8 Å². The fourth-order valence-corrected chi connectivity index (χ4v) is 3.63. The van der Waals surface area contributed by atoms with E-state index in [-0.39, 0.29) is 12.3 Å². The molecular weight excluding hydrogens is 254 g/mol. The predicted molar refractivity (Wildman–Crippen MR) is 70.9 cm³/mol. The molecule has 1 rings (SSSR count). The van der Waals surface area contributed by atoms with E-state index in [1.54, 1.807) is 7.11 Å². The van der Waals surface area contributed by atoms with E-state index >= 15 is 0 Å². The van der Waals surface area contributed by atoms with Crippen LogP contribution in [0.4, 0.5) is 0 Å². The summed E-state index contributed by atoms with van der Waals surface area (Å²) in [6.07, 6.45) is 3.90. The summed E-state index contributed by atoms with van der Waals surface area (Å²) in [5.41, 5.74) is -0.869. The summed E-state index contributed by atoms with van der Waals surface area (Å²) in [5.74, 6) is 0.508. The van der Waals surface area contributed by atoms with Gasteiger partial charge in [0, 0.05) is 20.3 Å². The van der Waals surface area contributed by atoms with Gasteiger partial charge in [-0.15, -0.1) is 0 Å². The van der Waals surface area contributed by atoms with E-state index in [2.05, 4.69) is 11.6 Å². The molecule has 0 aromatic carbocycles. The van der Waals surface area contributed by atoms with Crippen LogP contribution < -0.4 is 4.72 Å². The number of aliphatic hydroxyl groups is 1. The highest BCUT2D eigenvalue weighted by Crippen LogP contribution is 2.31. The second kappa shape index (κ2) is 6.84. The van der Waals surface area contributed by atoms with Crippen LogP contribution in [0.2, 0.25) is 0 Å². The van der Waals surface area contributed by atoms with E-state index in [0.717, 1.165) is 12.8 Å². The Hall–Kier alpha value is -0.170. The summed E-state index contributed by atoms with van der Waals surface area (Å²) in [4.78, 5) is 0. The molecule has 18 heavy (non-hydrogen) atoms. The first-order chi connectivity index (χ1) is 8.37. The van der Waals surface area contributed by atoms with Gasteiger partial charge < -0.3 is 9.84 Å². The van der Waals surface area contributed by atoms with E-state index in [1.165, 1.54) is 0 Å². The van der Waals surface area contributed by atoms with Crippen LogP contribution in [0, 0.1) is 5.92 Å². The molecule has 0 amide bonds. The van der Waals surface area contributed by atoms with Gasteiger partial charge in [-0.05, 0) is 25.2 Å². The highest BCUT2D eigenvalue weighted by atomic mass is 32.2. The molecule has 2 atom stereocenters. The van der Waals surface area contributed by atoms with Crippen molar-refractivity contribution >= 4 is 10.0 Å². The Morgan fingerprint density at radius 1 is 1.50 bits per heavy atom. The van der Waals surface area contributed by atoms with Crippen molar-refractivity contribution in [1.29, 1.82) is 0 Å². The molecule has 0 bridgehead atoms. The molecule has 1 fully saturated rings. The van der Waals surface area contributed by atoms with Gasteiger partial charge in [0.25, 0.3) is 0 Å². The summed E-state index contributed by atoms with van der Waals surface area (Å²) in [6.45, 7) is 2.66. The van der Waals surface area contributed by atoms with Crippen LogP contribution in [0.15, 0.2) is 0 Å². The van der Waals surface area contributed by atoms with Crippen LogP contribution in [0.5, 0.6) is 0 Å². The molecule has 2 unspecified atom stereocenters. The zero-order valence-electron chi connectivity index (χ0n) is 11.3. The van der Waals surface area contributed by atoms with Gasteiger partial charge in [0.1, 0.15) is 0 Å². The lowest BCUT2D eigenvalue weighted by Crippen LogP contribution is -2.46. The minimum absolute atomic E-state index is 0.0481. The van der Waals surface area contributed by atoms with Crippen LogP contribution in [-0.2, 0) is 14.8 Å². The maximum Gasteiger partial charge on any atom is 0.211 e. The van der Waals surface area contributed by atoms with Gasteiger partial charge in [0.15, 0.2) is 0 Å². The molecule has 6 heteroatoms. The summed E-state index contributed by atoms with van der Waals surface area (Å²) in [5, 5.41) is 10.3. The molecule has 0 aromatic heterocycles. The van der Waals surface area contributed by atoms with E-state index < -0.39 is 15.6 Å². The Labute approximate surface area is 110 Å². The minimum atomic E-state index is -3.30. The van der Waals surface area contributed by atoms with Crippen molar-refractivity contribution in [3.63, 3.8) is 0 Å². The average Bonchev–Trinajstić information content (AvgIpc) is 2.27. The van der Waals surface area contributed by atoms with Gasteiger partial charge >= 0.3 is 0 Å². The molecule has 0 aliphatic heterocycles. The van der Waals surface area contributed by atoms with Crippen molar-refractivity contribution in [2.75, 3.05) is 26.0 Å². The van der Waals surface area contributed by atoms with Crippen molar-refractivity contribution in [2.24, 2.45) is 5.92 Å². The molecule has 108 valence electrons. The molecule has 2 N–H and O–H groups in total. The summed E-state index contributed by atoms with van der Waals surface area (Å²) in [7, 11) is -1.75. The zero-order valence-corrected chi connectivity index (χ0v) is 12.1. The number of ether oxygens (including phenoxy) is 1. The normalized spacial score (nSPS) is 29.4. The van der Waals surface area contributed by atoms with Crippen LogP contribution in [0.25, 0.3) is 0 Å². The lowest BCUT2D eigenvalue weighted by atomic mass is 9.79. The third-order valence-electron chi connectivity index (χ3n) is 3.45. The molecule has 1 aliphatic rings. The highest BCUT2D eigenvalue weighted by molar-refractivity contribution is 7.89. The Bertz CT molecular complexity index is 344.